The van der Waals surface area contributed by atoms with Crippen LogP contribution in [0.3, 0.4) is 0 Å². The van der Waals surface area contributed by atoms with Gasteiger partial charge in [0, 0.05) is 40.7 Å². The van der Waals surface area contributed by atoms with Crippen LogP contribution in [0, 0.1) is 11.9 Å². The van der Waals surface area contributed by atoms with Crippen LogP contribution in [-0.4, -0.2) is 34.0 Å². The summed E-state index contributed by atoms with van der Waals surface area (Å²) in [4.78, 5) is 16.6. The van der Waals surface area contributed by atoms with Crippen molar-refractivity contribution < 1.29 is 18.3 Å². The van der Waals surface area contributed by atoms with Crippen LogP contribution < -0.4 is 10.5 Å². The molecular weight excluding hydrogens is 440 g/mol. The Morgan fingerprint density at radius 3 is 2.59 bits per heavy atom. The SMILES string of the molecule is NC1=N[C@@]2(COC1)c1cc(-c3cccnc3F)ccc1Oc1cnc(-c3ccnc(F)c3)cc12. The molecule has 0 unspecified atom stereocenters. The van der Waals surface area contributed by atoms with Crippen molar-refractivity contribution in [2.45, 2.75) is 5.54 Å². The maximum absolute atomic E-state index is 14.5. The zero-order chi connectivity index (χ0) is 23.3. The fourth-order valence-corrected chi connectivity index (χ4v) is 4.43. The number of benzene rings is 1. The first-order chi connectivity index (χ1) is 16.5. The van der Waals surface area contributed by atoms with Gasteiger partial charge in [0.25, 0.3) is 0 Å². The van der Waals surface area contributed by atoms with Crippen LogP contribution in [0.1, 0.15) is 11.1 Å². The van der Waals surface area contributed by atoms with Gasteiger partial charge in [0.1, 0.15) is 23.7 Å². The highest BCUT2D eigenvalue weighted by Gasteiger charge is 2.45. The van der Waals surface area contributed by atoms with E-state index in [1.807, 2.05) is 6.07 Å². The van der Waals surface area contributed by atoms with Gasteiger partial charge in [-0.2, -0.15) is 8.78 Å². The molecule has 0 saturated heterocycles. The molecule has 0 aliphatic carbocycles. The number of hydrogen-bond acceptors (Lipinski definition) is 7. The number of nitrogens with two attached hydrogens (primary N) is 1. The number of aromatic nitrogens is 3. The van der Waals surface area contributed by atoms with Crippen molar-refractivity contribution in [1.82, 2.24) is 15.0 Å². The van der Waals surface area contributed by atoms with Gasteiger partial charge in [-0.15, -0.1) is 0 Å². The summed E-state index contributed by atoms with van der Waals surface area (Å²) in [6, 6.07) is 13.4. The molecule has 1 aromatic carbocycles. The summed E-state index contributed by atoms with van der Waals surface area (Å²) >= 11 is 0. The van der Waals surface area contributed by atoms with Crippen LogP contribution in [0.15, 0.2) is 72.1 Å². The number of rotatable bonds is 2. The molecule has 0 saturated carbocycles. The van der Waals surface area contributed by atoms with Crippen LogP contribution in [0.2, 0.25) is 0 Å². The number of halogens is 2. The van der Waals surface area contributed by atoms with Gasteiger partial charge in [-0.25, -0.2) is 9.97 Å². The topological polar surface area (TPSA) is 95.5 Å². The molecule has 2 aliphatic rings. The summed E-state index contributed by atoms with van der Waals surface area (Å²) in [5, 5.41) is 0. The second-order valence-electron chi connectivity index (χ2n) is 8.04. The summed E-state index contributed by atoms with van der Waals surface area (Å²) in [5.74, 6) is 0.138. The number of amidine groups is 1. The van der Waals surface area contributed by atoms with Gasteiger partial charge in [0.05, 0.1) is 18.5 Å². The number of ether oxygens (including phenoxy) is 2. The highest BCUT2D eigenvalue weighted by atomic mass is 19.1. The van der Waals surface area contributed by atoms with Crippen LogP contribution in [0.25, 0.3) is 22.4 Å². The zero-order valence-corrected chi connectivity index (χ0v) is 17.7. The lowest BCUT2D eigenvalue weighted by Crippen LogP contribution is -2.42. The zero-order valence-electron chi connectivity index (χ0n) is 17.7. The predicted octanol–water partition coefficient (Wildman–Crippen LogP) is 4.22. The van der Waals surface area contributed by atoms with Gasteiger partial charge in [-0.05, 0) is 42.0 Å². The summed E-state index contributed by atoms with van der Waals surface area (Å²) in [6.45, 7) is 0.377. The molecule has 1 spiro atoms. The molecule has 6 rings (SSSR count). The van der Waals surface area contributed by atoms with Crippen molar-refractivity contribution in [3.05, 3.63) is 90.1 Å². The van der Waals surface area contributed by atoms with Crippen LogP contribution >= 0.6 is 0 Å². The Labute approximate surface area is 193 Å². The van der Waals surface area contributed by atoms with Crippen LogP contribution in [0.5, 0.6) is 11.5 Å². The number of aliphatic imine (C=N–C) groups is 1. The smallest absolute Gasteiger partial charge is 0.220 e. The van der Waals surface area contributed by atoms with E-state index in [1.165, 1.54) is 18.5 Å². The van der Waals surface area contributed by atoms with E-state index in [-0.39, 0.29) is 13.2 Å². The highest BCUT2D eigenvalue weighted by molar-refractivity contribution is 5.84. The molecular formula is C25H17F2N5O2. The monoisotopic (exact) mass is 457 g/mol. The van der Waals surface area contributed by atoms with E-state index in [0.717, 1.165) is 0 Å². The highest BCUT2D eigenvalue weighted by Crippen LogP contribution is 2.51. The quantitative estimate of drug-likeness (QED) is 0.453. The average Bonchev–Trinajstić information content (AvgIpc) is 2.84. The molecule has 168 valence electrons. The molecule has 4 aromatic rings. The van der Waals surface area contributed by atoms with Crippen molar-refractivity contribution in [3.63, 3.8) is 0 Å². The van der Waals surface area contributed by atoms with E-state index >= 15 is 0 Å². The molecule has 9 heteroatoms. The Kier molecular flexibility index (Phi) is 4.59. The molecule has 0 fully saturated rings. The van der Waals surface area contributed by atoms with Gasteiger partial charge in [-0.1, -0.05) is 6.07 Å². The molecule has 7 nitrogen and oxygen atoms in total. The molecule has 5 heterocycles. The summed E-state index contributed by atoms with van der Waals surface area (Å²) in [6.07, 6.45) is 4.35. The Bertz CT molecular complexity index is 1480. The lowest BCUT2D eigenvalue weighted by atomic mass is 9.79. The molecule has 34 heavy (non-hydrogen) atoms. The Balaban J connectivity index is 1.58. The van der Waals surface area contributed by atoms with Gasteiger partial charge in [0.15, 0.2) is 5.75 Å². The first kappa shape index (κ1) is 20.4. The number of nitrogens with zero attached hydrogens (tertiary/aromatic N) is 4. The molecule has 2 N–H and O–H groups in total. The van der Waals surface area contributed by atoms with Crippen molar-refractivity contribution in [3.8, 4) is 33.9 Å². The minimum atomic E-state index is -1.05. The number of pyridine rings is 3. The summed E-state index contributed by atoms with van der Waals surface area (Å²) in [5.41, 5.74) is 8.44. The fraction of sp³-hybridized carbons (Fsp3) is 0.120. The van der Waals surface area contributed by atoms with Crippen LogP contribution in [-0.2, 0) is 10.3 Å². The van der Waals surface area contributed by atoms with Gasteiger partial charge < -0.3 is 15.2 Å². The minimum absolute atomic E-state index is 0.185. The second kappa shape index (κ2) is 7.67. The molecule has 0 radical (unpaired) electrons. The molecule has 0 bridgehead atoms. The second-order valence-corrected chi connectivity index (χ2v) is 8.04. The van der Waals surface area contributed by atoms with Crippen molar-refractivity contribution in [2.24, 2.45) is 10.7 Å². The Morgan fingerprint density at radius 2 is 1.76 bits per heavy atom. The van der Waals surface area contributed by atoms with Gasteiger partial charge in [0.2, 0.25) is 11.9 Å². The molecule has 2 aliphatic heterocycles. The summed E-state index contributed by atoms with van der Waals surface area (Å²) < 4.78 is 40.2. The van der Waals surface area contributed by atoms with E-state index in [2.05, 4.69) is 15.0 Å². The van der Waals surface area contributed by atoms with Gasteiger partial charge in [-0.3, -0.25) is 9.98 Å². The van der Waals surface area contributed by atoms with E-state index in [1.54, 1.807) is 42.6 Å². The largest absolute Gasteiger partial charge is 0.455 e. The predicted molar refractivity (Wildman–Crippen MR) is 120 cm³/mol. The van der Waals surface area contributed by atoms with Crippen molar-refractivity contribution >= 4 is 5.84 Å². The third kappa shape index (κ3) is 3.20. The van der Waals surface area contributed by atoms with E-state index in [4.69, 9.17) is 20.2 Å². The minimum Gasteiger partial charge on any atom is -0.455 e. The normalized spacial score (nSPS) is 18.6. The fourth-order valence-electron chi connectivity index (χ4n) is 4.43. The van der Waals surface area contributed by atoms with Gasteiger partial charge >= 0.3 is 0 Å². The van der Waals surface area contributed by atoms with Crippen molar-refractivity contribution in [1.29, 1.82) is 0 Å². The molecule has 3 aromatic heterocycles. The number of fused-ring (bicyclic) bond motifs is 4. The Morgan fingerprint density at radius 1 is 0.882 bits per heavy atom. The third-order valence-corrected chi connectivity index (χ3v) is 5.95. The number of hydrogen-bond donors (Lipinski definition) is 1. The Hall–Kier alpha value is -4.24. The first-order valence-electron chi connectivity index (χ1n) is 10.5. The first-order valence-corrected chi connectivity index (χ1v) is 10.5. The van der Waals surface area contributed by atoms with E-state index in [0.29, 0.717) is 50.8 Å². The average molecular weight is 457 g/mol. The molecule has 0 amide bonds. The summed E-state index contributed by atoms with van der Waals surface area (Å²) in [7, 11) is 0. The van der Waals surface area contributed by atoms with Crippen molar-refractivity contribution in [2.75, 3.05) is 13.2 Å². The maximum atomic E-state index is 14.5. The lowest BCUT2D eigenvalue weighted by Gasteiger charge is -2.39. The van der Waals surface area contributed by atoms with E-state index in [9.17, 15) is 8.78 Å². The maximum Gasteiger partial charge on any atom is 0.220 e. The standard InChI is InChI=1S/C25H17F2N5O2/c26-22-9-15(5-7-29-22)19-10-18-21(11-31-19)34-20-4-3-14(16-2-1-6-30-24(16)27)8-17(20)25(18)13-33-12-23(28)32-25/h1-11H,12-13H2,(H2,28,32)/t25-/m0/s1. The third-order valence-electron chi connectivity index (χ3n) is 5.95. The van der Waals surface area contributed by atoms with Crippen LogP contribution in [0.4, 0.5) is 8.78 Å². The molecule has 1 atom stereocenters. The van der Waals surface area contributed by atoms with E-state index < -0.39 is 17.4 Å². The lowest BCUT2D eigenvalue weighted by molar-refractivity contribution is 0.110.